The molecule has 1 atom stereocenters. The Kier molecular flexibility index (Phi) is 9.96. The fraction of sp³-hybridized carbons (Fsp3) is 0.462. The smallest absolute Gasteiger partial charge is 0.243 e. The summed E-state index contributed by atoms with van der Waals surface area (Å²) in [5, 5.41) is 4.09. The molecule has 2 amide bonds. The number of carbonyl (C=O) groups is 2. The van der Waals surface area contributed by atoms with Crippen LogP contribution in [0.2, 0.25) is 10.0 Å². The Hall–Kier alpha value is -1.69. The van der Waals surface area contributed by atoms with Crippen LogP contribution in [0.5, 0.6) is 0 Å². The molecule has 0 radical (unpaired) electrons. The van der Waals surface area contributed by atoms with Gasteiger partial charge in [0.05, 0.1) is 10.0 Å². The number of aryl methyl sites for hydroxylation is 1. The van der Waals surface area contributed by atoms with E-state index in [-0.39, 0.29) is 17.9 Å². The maximum Gasteiger partial charge on any atom is 0.243 e. The second-order valence-corrected chi connectivity index (χ2v) is 10.6. The summed E-state index contributed by atoms with van der Waals surface area (Å²) < 4.78 is 0. The number of halogens is 2. The molecule has 178 valence electrons. The summed E-state index contributed by atoms with van der Waals surface area (Å²) in [5.41, 5.74) is 2.07. The van der Waals surface area contributed by atoms with E-state index in [0.29, 0.717) is 35.2 Å². The van der Waals surface area contributed by atoms with Crippen molar-refractivity contribution in [3.8, 4) is 0 Å². The third-order valence-corrected chi connectivity index (χ3v) is 7.78. The molecule has 33 heavy (non-hydrogen) atoms. The van der Waals surface area contributed by atoms with Crippen molar-refractivity contribution in [2.75, 3.05) is 5.75 Å². The van der Waals surface area contributed by atoms with Crippen LogP contribution in [-0.4, -0.2) is 34.6 Å². The Morgan fingerprint density at radius 2 is 1.79 bits per heavy atom. The summed E-state index contributed by atoms with van der Waals surface area (Å²) in [6.07, 6.45) is 5.21. The van der Waals surface area contributed by atoms with Crippen molar-refractivity contribution in [3.63, 3.8) is 0 Å². The Morgan fingerprint density at radius 3 is 2.42 bits per heavy atom. The average molecular weight is 508 g/mol. The van der Waals surface area contributed by atoms with Gasteiger partial charge in [-0.1, -0.05) is 66.7 Å². The summed E-state index contributed by atoms with van der Waals surface area (Å²) in [5.74, 6) is 0.554. The molecule has 2 aromatic rings. The van der Waals surface area contributed by atoms with Crippen molar-refractivity contribution in [2.24, 2.45) is 0 Å². The lowest BCUT2D eigenvalue weighted by Crippen LogP contribution is -2.51. The highest BCUT2D eigenvalue weighted by Crippen LogP contribution is 2.25. The minimum atomic E-state index is -0.517. The molecule has 4 nitrogen and oxygen atoms in total. The SMILES string of the molecule is CC[C@H](C(=O)NC1CCCC1)N(Cc1ccc(Cl)c(Cl)c1)C(=O)CCSc1ccc(C)cc1. The van der Waals surface area contributed by atoms with Gasteiger partial charge in [0, 0.05) is 29.7 Å². The van der Waals surface area contributed by atoms with Crippen molar-refractivity contribution in [2.45, 2.75) is 75.9 Å². The Bertz CT molecular complexity index is 946. The van der Waals surface area contributed by atoms with Crippen molar-refractivity contribution in [1.82, 2.24) is 10.2 Å². The molecule has 1 saturated carbocycles. The molecule has 0 heterocycles. The summed E-state index contributed by atoms with van der Waals surface area (Å²) >= 11 is 13.9. The van der Waals surface area contributed by atoms with Gasteiger partial charge in [-0.25, -0.2) is 0 Å². The molecular formula is C26H32Cl2N2O2S. The maximum absolute atomic E-state index is 13.4. The zero-order valence-corrected chi connectivity index (χ0v) is 21.6. The standard InChI is InChI=1S/C26H32Cl2N2O2S/c1-3-24(26(32)29-20-6-4-5-7-20)30(17-19-10-13-22(27)23(28)16-19)25(31)14-15-33-21-11-8-18(2)9-12-21/h8-13,16,20,24H,3-7,14-15,17H2,1-2H3,(H,29,32)/t24-/m1/s1. The number of benzene rings is 2. The van der Waals surface area contributed by atoms with Gasteiger partial charge in [0.1, 0.15) is 6.04 Å². The Balaban J connectivity index is 1.71. The molecule has 0 saturated heterocycles. The van der Waals surface area contributed by atoms with Gasteiger partial charge in [-0.05, 0) is 56.0 Å². The largest absolute Gasteiger partial charge is 0.352 e. The molecule has 1 N–H and O–H groups in total. The van der Waals surface area contributed by atoms with Gasteiger partial charge >= 0.3 is 0 Å². The second-order valence-electron chi connectivity index (χ2n) is 8.60. The van der Waals surface area contributed by atoms with E-state index in [1.54, 1.807) is 28.8 Å². The molecule has 0 unspecified atom stereocenters. The van der Waals surface area contributed by atoms with E-state index in [1.165, 1.54) is 5.56 Å². The maximum atomic E-state index is 13.4. The van der Waals surface area contributed by atoms with Crippen LogP contribution in [0.4, 0.5) is 0 Å². The molecule has 0 bridgehead atoms. The van der Waals surface area contributed by atoms with Crippen LogP contribution in [0.1, 0.15) is 56.6 Å². The first-order chi connectivity index (χ1) is 15.9. The highest BCUT2D eigenvalue weighted by atomic mass is 35.5. The molecular weight excluding hydrogens is 475 g/mol. The highest BCUT2D eigenvalue weighted by Gasteiger charge is 2.30. The fourth-order valence-electron chi connectivity index (χ4n) is 4.16. The first-order valence-corrected chi connectivity index (χ1v) is 13.3. The number of amides is 2. The molecule has 3 rings (SSSR count). The van der Waals surface area contributed by atoms with E-state index in [2.05, 4.69) is 36.5 Å². The van der Waals surface area contributed by atoms with Gasteiger partial charge in [-0.15, -0.1) is 11.8 Å². The van der Waals surface area contributed by atoms with Crippen LogP contribution in [0, 0.1) is 6.92 Å². The van der Waals surface area contributed by atoms with Gasteiger partial charge in [0.2, 0.25) is 11.8 Å². The monoisotopic (exact) mass is 506 g/mol. The number of carbonyl (C=O) groups excluding carboxylic acids is 2. The third kappa shape index (κ3) is 7.66. The molecule has 0 spiro atoms. The van der Waals surface area contributed by atoms with Crippen LogP contribution in [0.15, 0.2) is 47.4 Å². The fourth-order valence-corrected chi connectivity index (χ4v) is 5.32. The van der Waals surface area contributed by atoms with Crippen LogP contribution in [0.25, 0.3) is 0 Å². The van der Waals surface area contributed by atoms with Gasteiger partial charge in [0.15, 0.2) is 0 Å². The van der Waals surface area contributed by atoms with E-state index < -0.39 is 6.04 Å². The van der Waals surface area contributed by atoms with Crippen LogP contribution in [-0.2, 0) is 16.1 Å². The van der Waals surface area contributed by atoms with Gasteiger partial charge in [-0.2, -0.15) is 0 Å². The van der Waals surface area contributed by atoms with Crippen molar-refractivity contribution in [3.05, 3.63) is 63.6 Å². The lowest BCUT2D eigenvalue weighted by molar-refractivity contribution is -0.141. The van der Waals surface area contributed by atoms with Gasteiger partial charge in [0.25, 0.3) is 0 Å². The lowest BCUT2D eigenvalue weighted by Gasteiger charge is -2.31. The van der Waals surface area contributed by atoms with Gasteiger partial charge in [-0.3, -0.25) is 9.59 Å². The van der Waals surface area contributed by atoms with Gasteiger partial charge < -0.3 is 10.2 Å². The first-order valence-electron chi connectivity index (χ1n) is 11.6. The topological polar surface area (TPSA) is 49.4 Å². The zero-order valence-electron chi connectivity index (χ0n) is 19.3. The quantitative estimate of drug-likeness (QED) is 0.367. The number of nitrogens with zero attached hydrogens (tertiary/aromatic N) is 1. The average Bonchev–Trinajstić information content (AvgIpc) is 3.30. The highest BCUT2D eigenvalue weighted by molar-refractivity contribution is 7.99. The van der Waals surface area contributed by atoms with Crippen LogP contribution in [0.3, 0.4) is 0 Å². The lowest BCUT2D eigenvalue weighted by atomic mass is 10.1. The van der Waals surface area contributed by atoms with E-state index in [0.717, 1.165) is 36.1 Å². The zero-order chi connectivity index (χ0) is 23.8. The van der Waals surface area contributed by atoms with Crippen LogP contribution < -0.4 is 5.32 Å². The second kappa shape index (κ2) is 12.7. The first kappa shape index (κ1) is 25.9. The number of hydrogen-bond acceptors (Lipinski definition) is 3. The van der Waals surface area contributed by atoms with E-state index in [4.69, 9.17) is 23.2 Å². The minimum Gasteiger partial charge on any atom is -0.352 e. The summed E-state index contributed by atoms with van der Waals surface area (Å²) in [6.45, 7) is 4.33. The van der Waals surface area contributed by atoms with Crippen molar-refractivity contribution >= 4 is 46.8 Å². The van der Waals surface area contributed by atoms with E-state index in [1.807, 2.05) is 13.0 Å². The number of hydrogen-bond donors (Lipinski definition) is 1. The van der Waals surface area contributed by atoms with Crippen LogP contribution >= 0.6 is 35.0 Å². The number of rotatable bonds is 10. The Labute approximate surface area is 211 Å². The molecule has 0 aromatic heterocycles. The predicted octanol–water partition coefficient (Wildman–Crippen LogP) is 6.65. The molecule has 1 aliphatic carbocycles. The summed E-state index contributed by atoms with van der Waals surface area (Å²) in [7, 11) is 0. The third-order valence-electron chi connectivity index (χ3n) is 6.03. The molecule has 1 fully saturated rings. The molecule has 1 aliphatic rings. The molecule has 2 aromatic carbocycles. The number of thioether (sulfide) groups is 1. The van der Waals surface area contributed by atoms with E-state index in [9.17, 15) is 9.59 Å². The van der Waals surface area contributed by atoms with Crippen molar-refractivity contribution < 1.29 is 9.59 Å². The van der Waals surface area contributed by atoms with E-state index >= 15 is 0 Å². The minimum absolute atomic E-state index is 0.0332. The molecule has 7 heteroatoms. The summed E-state index contributed by atoms with van der Waals surface area (Å²) in [6, 6.07) is 13.3. The summed E-state index contributed by atoms with van der Waals surface area (Å²) in [4.78, 5) is 29.4. The molecule has 0 aliphatic heterocycles. The normalized spacial score (nSPS) is 14.8. The Morgan fingerprint density at radius 1 is 1.09 bits per heavy atom. The van der Waals surface area contributed by atoms with Crippen molar-refractivity contribution in [1.29, 1.82) is 0 Å². The number of nitrogens with one attached hydrogen (secondary N) is 1. The predicted molar refractivity (Wildman–Crippen MR) is 138 cm³/mol.